The summed E-state index contributed by atoms with van der Waals surface area (Å²) in [5.74, 6) is -0.510. The predicted molar refractivity (Wildman–Crippen MR) is 42.9 cm³/mol. The summed E-state index contributed by atoms with van der Waals surface area (Å²) in [7, 11) is 0. The summed E-state index contributed by atoms with van der Waals surface area (Å²) in [6, 6.07) is 0.0275. The molecule has 2 atom stereocenters. The highest BCUT2D eigenvalue weighted by Crippen LogP contribution is 1.99. The molecule has 4 N–H and O–H groups in total. The Hall–Kier alpha value is -0.610. The highest BCUT2D eigenvalue weighted by Gasteiger charge is 2.15. The highest BCUT2D eigenvalue weighted by atomic mass is 16.3. The molecule has 0 aromatic rings. The fourth-order valence-electron chi connectivity index (χ4n) is 0.715. The SMILES string of the molecule is CC(NCCO)C(C)C(N)=O. The Morgan fingerprint density at radius 2 is 2.18 bits per heavy atom. The van der Waals surface area contributed by atoms with Crippen LogP contribution in [0.4, 0.5) is 0 Å². The summed E-state index contributed by atoms with van der Waals surface area (Å²) in [6.07, 6.45) is 0. The topological polar surface area (TPSA) is 75.3 Å². The molecule has 0 fully saturated rings. The first-order valence-electron chi connectivity index (χ1n) is 3.73. The van der Waals surface area contributed by atoms with Gasteiger partial charge in [-0.05, 0) is 6.92 Å². The molecule has 0 aromatic heterocycles. The second-order valence-corrected chi connectivity index (χ2v) is 2.66. The smallest absolute Gasteiger partial charge is 0.221 e. The fraction of sp³-hybridized carbons (Fsp3) is 0.857. The Labute approximate surface area is 66.8 Å². The number of primary amides is 1. The van der Waals surface area contributed by atoms with Gasteiger partial charge in [-0.1, -0.05) is 6.92 Å². The monoisotopic (exact) mass is 160 g/mol. The van der Waals surface area contributed by atoms with Crippen molar-refractivity contribution in [3.05, 3.63) is 0 Å². The molecule has 0 radical (unpaired) electrons. The number of carbonyl (C=O) groups excluding carboxylic acids is 1. The van der Waals surface area contributed by atoms with Crippen LogP contribution in [-0.4, -0.2) is 30.2 Å². The summed E-state index contributed by atoms with van der Waals surface area (Å²) >= 11 is 0. The van der Waals surface area contributed by atoms with E-state index in [4.69, 9.17) is 10.8 Å². The maximum Gasteiger partial charge on any atom is 0.221 e. The maximum atomic E-state index is 10.6. The van der Waals surface area contributed by atoms with E-state index in [1.54, 1.807) is 6.92 Å². The van der Waals surface area contributed by atoms with Gasteiger partial charge in [-0.3, -0.25) is 4.79 Å². The Morgan fingerprint density at radius 1 is 1.64 bits per heavy atom. The number of amides is 1. The lowest BCUT2D eigenvalue weighted by atomic mass is 10.0. The zero-order valence-electron chi connectivity index (χ0n) is 7.00. The van der Waals surface area contributed by atoms with Gasteiger partial charge in [-0.2, -0.15) is 0 Å². The van der Waals surface area contributed by atoms with E-state index in [2.05, 4.69) is 5.32 Å². The number of aliphatic hydroxyl groups excluding tert-OH is 1. The van der Waals surface area contributed by atoms with E-state index in [1.807, 2.05) is 6.92 Å². The van der Waals surface area contributed by atoms with Crippen LogP contribution in [0.15, 0.2) is 0 Å². The zero-order valence-corrected chi connectivity index (χ0v) is 7.00. The molecule has 0 aliphatic carbocycles. The van der Waals surface area contributed by atoms with Gasteiger partial charge in [0.05, 0.1) is 6.61 Å². The van der Waals surface area contributed by atoms with Gasteiger partial charge in [-0.15, -0.1) is 0 Å². The standard InChI is InChI=1S/C7H16N2O2/c1-5(7(8)11)6(2)9-3-4-10/h5-6,9-10H,3-4H2,1-2H3,(H2,8,11). The second-order valence-electron chi connectivity index (χ2n) is 2.66. The third-order valence-electron chi connectivity index (χ3n) is 1.78. The van der Waals surface area contributed by atoms with Gasteiger partial charge in [0.15, 0.2) is 0 Å². The molecule has 0 heterocycles. The van der Waals surface area contributed by atoms with Gasteiger partial charge >= 0.3 is 0 Å². The molecule has 0 aliphatic heterocycles. The van der Waals surface area contributed by atoms with E-state index in [0.29, 0.717) is 6.54 Å². The largest absolute Gasteiger partial charge is 0.395 e. The maximum absolute atomic E-state index is 10.6. The van der Waals surface area contributed by atoms with E-state index >= 15 is 0 Å². The van der Waals surface area contributed by atoms with Gasteiger partial charge in [0, 0.05) is 18.5 Å². The molecule has 4 nitrogen and oxygen atoms in total. The van der Waals surface area contributed by atoms with Crippen LogP contribution in [0.5, 0.6) is 0 Å². The number of nitrogens with one attached hydrogen (secondary N) is 1. The van der Waals surface area contributed by atoms with Crippen molar-refractivity contribution in [2.75, 3.05) is 13.2 Å². The summed E-state index contributed by atoms with van der Waals surface area (Å²) in [5, 5.41) is 11.4. The minimum atomic E-state index is -0.317. The number of rotatable bonds is 5. The Bertz CT molecular complexity index is 128. The summed E-state index contributed by atoms with van der Waals surface area (Å²) in [4.78, 5) is 10.6. The van der Waals surface area contributed by atoms with Gasteiger partial charge in [0.25, 0.3) is 0 Å². The lowest BCUT2D eigenvalue weighted by Crippen LogP contribution is -2.40. The quantitative estimate of drug-likeness (QED) is 0.487. The molecule has 1 amide bonds. The van der Waals surface area contributed by atoms with E-state index in [1.165, 1.54) is 0 Å². The van der Waals surface area contributed by atoms with Crippen LogP contribution in [-0.2, 0) is 4.79 Å². The highest BCUT2D eigenvalue weighted by molar-refractivity contribution is 5.76. The number of carbonyl (C=O) groups is 1. The Kier molecular flexibility index (Phi) is 4.81. The van der Waals surface area contributed by atoms with Crippen molar-refractivity contribution in [2.24, 2.45) is 11.7 Å². The van der Waals surface area contributed by atoms with Crippen molar-refractivity contribution in [1.82, 2.24) is 5.32 Å². The van der Waals surface area contributed by atoms with Crippen molar-refractivity contribution in [2.45, 2.75) is 19.9 Å². The lowest BCUT2D eigenvalue weighted by molar-refractivity contribution is -0.122. The molecule has 0 aromatic carbocycles. The zero-order chi connectivity index (χ0) is 8.85. The first-order chi connectivity index (χ1) is 5.09. The molecule has 66 valence electrons. The molecular formula is C7H16N2O2. The van der Waals surface area contributed by atoms with Gasteiger partial charge in [0.2, 0.25) is 5.91 Å². The molecule has 0 aliphatic rings. The van der Waals surface area contributed by atoms with Crippen molar-refractivity contribution in [3.8, 4) is 0 Å². The first kappa shape index (κ1) is 10.4. The summed E-state index contributed by atoms with van der Waals surface area (Å²) in [5.41, 5.74) is 5.07. The van der Waals surface area contributed by atoms with Crippen molar-refractivity contribution in [3.63, 3.8) is 0 Å². The molecule has 0 bridgehead atoms. The van der Waals surface area contributed by atoms with E-state index < -0.39 is 0 Å². The van der Waals surface area contributed by atoms with E-state index in [0.717, 1.165) is 0 Å². The van der Waals surface area contributed by atoms with Crippen LogP contribution in [0.3, 0.4) is 0 Å². The molecule has 0 saturated carbocycles. The van der Waals surface area contributed by atoms with Gasteiger partial charge < -0.3 is 16.2 Å². The minimum absolute atomic E-state index is 0.0275. The molecule has 2 unspecified atom stereocenters. The molecule has 4 heteroatoms. The Morgan fingerprint density at radius 3 is 2.55 bits per heavy atom. The predicted octanol–water partition coefficient (Wildman–Crippen LogP) is -0.922. The van der Waals surface area contributed by atoms with Crippen LogP contribution in [0.2, 0.25) is 0 Å². The van der Waals surface area contributed by atoms with Gasteiger partial charge in [0.1, 0.15) is 0 Å². The van der Waals surface area contributed by atoms with Crippen molar-refractivity contribution in [1.29, 1.82) is 0 Å². The van der Waals surface area contributed by atoms with E-state index in [-0.39, 0.29) is 24.5 Å². The number of hydrogen-bond acceptors (Lipinski definition) is 3. The third kappa shape index (κ3) is 3.95. The van der Waals surface area contributed by atoms with E-state index in [9.17, 15) is 4.79 Å². The number of nitrogens with two attached hydrogens (primary N) is 1. The van der Waals surface area contributed by atoms with Crippen LogP contribution in [0.1, 0.15) is 13.8 Å². The van der Waals surface area contributed by atoms with Gasteiger partial charge in [-0.25, -0.2) is 0 Å². The number of aliphatic hydroxyl groups is 1. The van der Waals surface area contributed by atoms with Crippen LogP contribution in [0.25, 0.3) is 0 Å². The summed E-state index contributed by atoms with van der Waals surface area (Å²) in [6.45, 7) is 4.21. The molecule has 0 rings (SSSR count). The van der Waals surface area contributed by atoms with Crippen LogP contribution in [0, 0.1) is 5.92 Å². The van der Waals surface area contributed by atoms with Crippen molar-refractivity contribution < 1.29 is 9.90 Å². The first-order valence-corrected chi connectivity index (χ1v) is 3.73. The molecule has 11 heavy (non-hydrogen) atoms. The average molecular weight is 160 g/mol. The van der Waals surface area contributed by atoms with Crippen LogP contribution < -0.4 is 11.1 Å². The molecular weight excluding hydrogens is 144 g/mol. The Balaban J connectivity index is 3.63. The lowest BCUT2D eigenvalue weighted by Gasteiger charge is -2.17. The number of hydrogen-bond donors (Lipinski definition) is 3. The van der Waals surface area contributed by atoms with Crippen LogP contribution >= 0.6 is 0 Å². The minimum Gasteiger partial charge on any atom is -0.395 e. The second kappa shape index (κ2) is 5.09. The molecule has 0 spiro atoms. The normalized spacial score (nSPS) is 15.9. The average Bonchev–Trinajstić information content (AvgIpc) is 1.98. The third-order valence-corrected chi connectivity index (χ3v) is 1.78. The fourth-order valence-corrected chi connectivity index (χ4v) is 0.715. The van der Waals surface area contributed by atoms with Crippen molar-refractivity contribution >= 4 is 5.91 Å². The summed E-state index contributed by atoms with van der Waals surface area (Å²) < 4.78 is 0. The molecule has 0 saturated heterocycles.